The Morgan fingerprint density at radius 2 is 1.85 bits per heavy atom. The maximum absolute atomic E-state index is 14.9. The van der Waals surface area contributed by atoms with E-state index in [0.29, 0.717) is 44.8 Å². The van der Waals surface area contributed by atoms with E-state index in [0.717, 1.165) is 28.6 Å². The Bertz CT molecular complexity index is 1750. The summed E-state index contributed by atoms with van der Waals surface area (Å²) >= 11 is 7.56. The lowest BCUT2D eigenvalue weighted by atomic mass is 9.97. The predicted molar refractivity (Wildman–Crippen MR) is 151 cm³/mol. The maximum Gasteiger partial charge on any atom is 0.274 e. The van der Waals surface area contributed by atoms with Gasteiger partial charge in [0.25, 0.3) is 5.91 Å². The van der Waals surface area contributed by atoms with Crippen molar-refractivity contribution in [1.82, 2.24) is 19.9 Å². The number of hydrogen-bond donors (Lipinski definition) is 1. The molecule has 9 heteroatoms. The number of nitrogens with zero attached hydrogens (tertiary/aromatic N) is 3. The molecule has 0 aliphatic carbocycles. The van der Waals surface area contributed by atoms with Gasteiger partial charge < -0.3 is 9.88 Å². The largest absolute Gasteiger partial charge is 0.340 e. The second kappa shape index (κ2) is 9.54. The average molecular weight is 563 g/mol. The van der Waals surface area contributed by atoms with Crippen molar-refractivity contribution in [3.05, 3.63) is 93.9 Å². The Morgan fingerprint density at radius 3 is 2.59 bits per heavy atom. The number of halogens is 3. The zero-order chi connectivity index (χ0) is 27.5. The normalized spacial score (nSPS) is 17.3. The highest BCUT2D eigenvalue weighted by Gasteiger charge is 2.45. The Kier molecular flexibility index (Phi) is 6.27. The van der Waals surface area contributed by atoms with Crippen LogP contribution >= 0.6 is 22.9 Å². The third-order valence-corrected chi connectivity index (χ3v) is 9.08. The van der Waals surface area contributed by atoms with Crippen LogP contribution in [0.3, 0.4) is 0 Å². The fourth-order valence-corrected chi connectivity index (χ4v) is 6.52. The average Bonchev–Trinajstić information content (AvgIpc) is 3.64. The smallest absolute Gasteiger partial charge is 0.274 e. The summed E-state index contributed by atoms with van der Waals surface area (Å²) in [7, 11) is 0. The molecule has 3 aromatic carbocycles. The fourth-order valence-electron chi connectivity index (χ4n) is 5.28. The molecular weight excluding hydrogens is 538 g/mol. The molecule has 6 rings (SSSR count). The molecule has 3 heterocycles. The molecular formula is C30H25ClF2N4OS. The summed E-state index contributed by atoms with van der Waals surface area (Å²) in [5.74, 6) is -0.388. The minimum atomic E-state index is -0.714. The van der Waals surface area contributed by atoms with E-state index in [9.17, 15) is 13.6 Å². The van der Waals surface area contributed by atoms with Gasteiger partial charge in [-0.2, -0.15) is 0 Å². The van der Waals surface area contributed by atoms with E-state index < -0.39 is 11.4 Å². The molecule has 5 nitrogen and oxygen atoms in total. The Labute approximate surface area is 233 Å². The topological polar surface area (TPSA) is 61.9 Å². The highest BCUT2D eigenvalue weighted by Crippen LogP contribution is 2.43. The molecule has 1 aliphatic heterocycles. The van der Waals surface area contributed by atoms with Crippen LogP contribution < -0.4 is 0 Å². The van der Waals surface area contributed by atoms with E-state index in [2.05, 4.69) is 9.97 Å². The number of hydrogen-bond acceptors (Lipinski definition) is 4. The number of fused-ring (bicyclic) bond motifs is 1. The molecule has 1 aliphatic rings. The van der Waals surface area contributed by atoms with Crippen LogP contribution in [0.1, 0.15) is 47.2 Å². The number of benzene rings is 3. The van der Waals surface area contributed by atoms with Crippen molar-refractivity contribution < 1.29 is 13.6 Å². The van der Waals surface area contributed by atoms with Crippen LogP contribution in [0.4, 0.5) is 8.78 Å². The second-order valence-electron chi connectivity index (χ2n) is 10.2. The van der Waals surface area contributed by atoms with E-state index in [1.807, 2.05) is 39.0 Å². The summed E-state index contributed by atoms with van der Waals surface area (Å²) < 4.78 is 28.7. The summed E-state index contributed by atoms with van der Waals surface area (Å²) in [5, 5.41) is 1.03. The number of amides is 1. The molecule has 39 heavy (non-hydrogen) atoms. The van der Waals surface area contributed by atoms with E-state index in [4.69, 9.17) is 16.6 Å². The summed E-state index contributed by atoms with van der Waals surface area (Å²) in [6.07, 6.45) is 1.50. The molecule has 1 unspecified atom stereocenters. The number of aryl methyl sites for hydroxylation is 2. The highest BCUT2D eigenvalue weighted by atomic mass is 35.5. The van der Waals surface area contributed by atoms with Crippen molar-refractivity contribution >= 4 is 39.9 Å². The van der Waals surface area contributed by atoms with Gasteiger partial charge in [0.1, 0.15) is 28.2 Å². The molecule has 0 saturated carbocycles. The molecule has 0 radical (unpaired) electrons. The highest BCUT2D eigenvalue weighted by molar-refractivity contribution is 7.18. The van der Waals surface area contributed by atoms with Gasteiger partial charge in [-0.1, -0.05) is 29.8 Å². The molecule has 0 spiro atoms. The van der Waals surface area contributed by atoms with Crippen molar-refractivity contribution in [3.63, 3.8) is 0 Å². The van der Waals surface area contributed by atoms with Gasteiger partial charge in [-0.15, -0.1) is 11.3 Å². The number of thiazole rings is 1. The summed E-state index contributed by atoms with van der Waals surface area (Å²) in [6, 6.07) is 14.6. The minimum Gasteiger partial charge on any atom is -0.340 e. The number of H-pyrrole nitrogens is 1. The minimum absolute atomic E-state index is 0.213. The summed E-state index contributed by atoms with van der Waals surface area (Å²) in [4.78, 5) is 29.6. The van der Waals surface area contributed by atoms with Gasteiger partial charge >= 0.3 is 0 Å². The first-order valence-electron chi connectivity index (χ1n) is 12.7. The van der Waals surface area contributed by atoms with Crippen molar-refractivity contribution in [2.45, 2.75) is 39.2 Å². The third-order valence-electron chi connectivity index (χ3n) is 7.53. The second-order valence-corrected chi connectivity index (χ2v) is 11.6. The molecule has 1 saturated heterocycles. The predicted octanol–water partition coefficient (Wildman–Crippen LogP) is 8.05. The molecule has 1 fully saturated rings. The van der Waals surface area contributed by atoms with E-state index in [1.165, 1.54) is 29.5 Å². The Hall–Kier alpha value is -3.62. The SMILES string of the molecule is Cc1ccc(-c2nc(C(=O)N3CCCC3(C)c3nc4c(C)c(Cl)ccc4[nH]3)c(-c3ccc(F)cc3)s2)c(F)c1. The van der Waals surface area contributed by atoms with Gasteiger partial charge in [-0.25, -0.2) is 18.7 Å². The monoisotopic (exact) mass is 562 g/mol. The van der Waals surface area contributed by atoms with Gasteiger partial charge in [0, 0.05) is 17.1 Å². The van der Waals surface area contributed by atoms with E-state index in [1.54, 1.807) is 23.1 Å². The number of rotatable bonds is 4. The number of aromatic amines is 1. The number of carbonyl (C=O) groups excluding carboxylic acids is 1. The lowest BCUT2D eigenvalue weighted by molar-refractivity contribution is 0.0601. The Balaban J connectivity index is 1.46. The lowest BCUT2D eigenvalue weighted by Gasteiger charge is -2.33. The fraction of sp³-hybridized carbons (Fsp3) is 0.233. The number of nitrogens with one attached hydrogen (secondary N) is 1. The molecule has 1 N–H and O–H groups in total. The van der Waals surface area contributed by atoms with Crippen LogP contribution in [0, 0.1) is 25.5 Å². The van der Waals surface area contributed by atoms with Gasteiger partial charge in [0.2, 0.25) is 0 Å². The summed E-state index contributed by atoms with van der Waals surface area (Å²) in [6.45, 7) is 6.25. The lowest BCUT2D eigenvalue weighted by Crippen LogP contribution is -2.44. The quantitative estimate of drug-likeness (QED) is 0.241. The van der Waals surface area contributed by atoms with Crippen molar-refractivity contribution in [2.24, 2.45) is 0 Å². The molecule has 0 bridgehead atoms. The van der Waals surface area contributed by atoms with Gasteiger partial charge in [0.15, 0.2) is 0 Å². The van der Waals surface area contributed by atoms with Gasteiger partial charge in [-0.3, -0.25) is 4.79 Å². The van der Waals surface area contributed by atoms with Crippen LogP contribution in [-0.4, -0.2) is 32.3 Å². The van der Waals surface area contributed by atoms with Crippen molar-refractivity contribution in [1.29, 1.82) is 0 Å². The van der Waals surface area contributed by atoms with Crippen LogP contribution in [0.15, 0.2) is 54.6 Å². The number of aromatic nitrogens is 3. The van der Waals surface area contributed by atoms with Gasteiger partial charge in [0.05, 0.1) is 21.4 Å². The number of imidazole rings is 1. The molecule has 2 aromatic heterocycles. The zero-order valence-corrected chi connectivity index (χ0v) is 23.2. The third kappa shape index (κ3) is 4.32. The first-order valence-corrected chi connectivity index (χ1v) is 13.9. The summed E-state index contributed by atoms with van der Waals surface area (Å²) in [5.41, 5.74) is 3.75. The molecule has 1 amide bonds. The van der Waals surface area contributed by atoms with Gasteiger partial charge in [-0.05, 0) is 86.7 Å². The van der Waals surface area contributed by atoms with Crippen LogP contribution in [0.25, 0.3) is 32.0 Å². The molecule has 1 atom stereocenters. The zero-order valence-electron chi connectivity index (χ0n) is 21.6. The van der Waals surface area contributed by atoms with Crippen LogP contribution in [0.2, 0.25) is 5.02 Å². The van der Waals surface area contributed by atoms with Crippen LogP contribution in [0.5, 0.6) is 0 Å². The number of carbonyl (C=O) groups is 1. The van der Waals surface area contributed by atoms with E-state index in [-0.39, 0.29) is 17.4 Å². The molecule has 198 valence electrons. The molecule has 5 aromatic rings. The maximum atomic E-state index is 14.9. The van der Waals surface area contributed by atoms with Crippen LogP contribution in [-0.2, 0) is 5.54 Å². The number of likely N-dealkylation sites (tertiary alicyclic amines) is 1. The van der Waals surface area contributed by atoms with Crippen molar-refractivity contribution in [3.8, 4) is 21.0 Å². The van der Waals surface area contributed by atoms with E-state index >= 15 is 0 Å². The standard InChI is InChI=1S/C30H25ClF2N4OS/c1-16-5-10-20(22(33)15-16)27-35-25(26(39-27)18-6-8-19(32)9-7-18)28(38)37-14-4-13-30(37,3)29-34-23-12-11-21(31)17(2)24(23)36-29/h5-12,15H,4,13-14H2,1-3H3,(H,34,36). The first kappa shape index (κ1) is 25.6. The Morgan fingerprint density at radius 1 is 1.08 bits per heavy atom. The van der Waals surface area contributed by atoms with Crippen molar-refractivity contribution in [2.75, 3.05) is 6.54 Å². The first-order chi connectivity index (χ1) is 18.7.